The highest BCUT2D eigenvalue weighted by molar-refractivity contribution is 5.76. The second kappa shape index (κ2) is 10.1. The summed E-state index contributed by atoms with van der Waals surface area (Å²) in [5, 5.41) is 11.2. The molecule has 1 heterocycles. The lowest BCUT2D eigenvalue weighted by Gasteiger charge is -2.24. The van der Waals surface area contributed by atoms with Gasteiger partial charge in [-0.05, 0) is 5.56 Å². The molecule has 0 bridgehead atoms. The van der Waals surface area contributed by atoms with Gasteiger partial charge in [0.05, 0.1) is 18.0 Å². The number of alkyl halides is 3. The lowest BCUT2D eigenvalue weighted by atomic mass is 10.1. The third-order valence-corrected chi connectivity index (χ3v) is 4.90. The van der Waals surface area contributed by atoms with Crippen LogP contribution in [0.15, 0.2) is 76.4 Å². The molecule has 0 unspecified atom stereocenters. The molecule has 12 heteroatoms. The molecular formula is C22H19F3N4O5. The molecule has 178 valence electrons. The molecule has 0 N–H and O–H groups in total. The minimum Gasteiger partial charge on any atom is -0.327 e. The summed E-state index contributed by atoms with van der Waals surface area (Å²) in [7, 11) is 0. The third-order valence-electron chi connectivity index (χ3n) is 4.90. The Balaban J connectivity index is 1.91. The second-order valence-electron chi connectivity index (χ2n) is 7.39. The maximum absolute atomic E-state index is 13.2. The van der Waals surface area contributed by atoms with Gasteiger partial charge in [0.2, 0.25) is 5.91 Å². The van der Waals surface area contributed by atoms with E-state index >= 15 is 0 Å². The van der Waals surface area contributed by atoms with E-state index in [1.165, 1.54) is 24.4 Å². The molecule has 0 fully saturated rings. The largest absolute Gasteiger partial charge is 0.406 e. The Morgan fingerprint density at radius 3 is 2.29 bits per heavy atom. The zero-order valence-electron chi connectivity index (χ0n) is 17.6. The number of benzene rings is 2. The summed E-state index contributed by atoms with van der Waals surface area (Å²) in [5.41, 5.74) is -1.57. The summed E-state index contributed by atoms with van der Waals surface area (Å²) >= 11 is 0. The number of nitrogens with zero attached hydrogens (tertiary/aromatic N) is 4. The molecule has 2 aromatic carbocycles. The van der Waals surface area contributed by atoms with E-state index in [1.807, 2.05) is 0 Å². The smallest absolute Gasteiger partial charge is 0.327 e. The number of nitro groups is 1. The zero-order valence-corrected chi connectivity index (χ0v) is 17.6. The van der Waals surface area contributed by atoms with Crippen molar-refractivity contribution >= 4 is 11.6 Å². The minimum absolute atomic E-state index is 0.0800. The Morgan fingerprint density at radius 2 is 1.65 bits per heavy atom. The summed E-state index contributed by atoms with van der Waals surface area (Å²) in [6.45, 7) is -3.31. The summed E-state index contributed by atoms with van der Waals surface area (Å²) < 4.78 is 41.2. The topological polar surface area (TPSA) is 107 Å². The van der Waals surface area contributed by atoms with Gasteiger partial charge >= 0.3 is 11.9 Å². The van der Waals surface area contributed by atoms with Crippen molar-refractivity contribution in [2.45, 2.75) is 25.8 Å². The summed E-state index contributed by atoms with van der Waals surface area (Å²) in [5.74, 6) is -1.19. The minimum atomic E-state index is -4.81. The number of carbonyl (C=O) groups excluding carboxylic acids is 1. The molecule has 0 spiro atoms. The highest BCUT2D eigenvalue weighted by atomic mass is 19.4. The van der Waals surface area contributed by atoms with Crippen LogP contribution in [0, 0.1) is 10.1 Å². The van der Waals surface area contributed by atoms with Gasteiger partial charge < -0.3 is 4.90 Å². The molecule has 34 heavy (non-hydrogen) atoms. The van der Waals surface area contributed by atoms with Crippen molar-refractivity contribution in [3.05, 3.63) is 109 Å². The number of aromatic nitrogens is 2. The van der Waals surface area contributed by atoms with E-state index in [4.69, 9.17) is 0 Å². The van der Waals surface area contributed by atoms with Crippen molar-refractivity contribution < 1.29 is 22.9 Å². The molecule has 0 atom stereocenters. The maximum atomic E-state index is 13.2. The SMILES string of the molecule is O=C(Cn1c(=O)ccn(Cc2ccccc2)c1=O)N(Cc1ccccc1[N+](=O)[O-])CC(F)(F)F. The number of para-hydroxylation sites is 1. The molecule has 3 aromatic rings. The van der Waals surface area contributed by atoms with E-state index in [0.29, 0.717) is 9.47 Å². The number of nitro benzene ring substituents is 1. The van der Waals surface area contributed by atoms with Gasteiger partial charge in [0.25, 0.3) is 11.2 Å². The molecule has 0 saturated heterocycles. The molecule has 9 nitrogen and oxygen atoms in total. The van der Waals surface area contributed by atoms with Crippen molar-refractivity contribution in [3.63, 3.8) is 0 Å². The fourth-order valence-electron chi connectivity index (χ4n) is 3.31. The Bertz CT molecular complexity index is 1300. The van der Waals surface area contributed by atoms with E-state index < -0.39 is 53.6 Å². The highest BCUT2D eigenvalue weighted by Crippen LogP contribution is 2.23. The predicted molar refractivity (Wildman–Crippen MR) is 115 cm³/mol. The van der Waals surface area contributed by atoms with Gasteiger partial charge in [-0.15, -0.1) is 0 Å². The van der Waals surface area contributed by atoms with Crippen LogP contribution in [0.25, 0.3) is 0 Å². The van der Waals surface area contributed by atoms with Gasteiger partial charge in [-0.3, -0.25) is 28.8 Å². The zero-order chi connectivity index (χ0) is 24.9. The number of carbonyl (C=O) groups is 1. The Labute approximate surface area is 190 Å². The van der Waals surface area contributed by atoms with Gasteiger partial charge in [0, 0.05) is 23.9 Å². The molecule has 0 aliphatic heterocycles. The van der Waals surface area contributed by atoms with Crippen LogP contribution >= 0.6 is 0 Å². The fraction of sp³-hybridized carbons (Fsp3) is 0.227. The molecular weight excluding hydrogens is 457 g/mol. The predicted octanol–water partition coefficient (Wildman–Crippen LogP) is 2.56. The number of hydrogen-bond acceptors (Lipinski definition) is 5. The molecule has 0 aliphatic carbocycles. The first-order valence-electron chi connectivity index (χ1n) is 9.96. The van der Waals surface area contributed by atoms with Gasteiger partial charge in [-0.1, -0.05) is 48.5 Å². The van der Waals surface area contributed by atoms with Crippen molar-refractivity contribution in [3.8, 4) is 0 Å². The van der Waals surface area contributed by atoms with Crippen LogP contribution in [-0.4, -0.2) is 37.6 Å². The van der Waals surface area contributed by atoms with Crippen LogP contribution in [0.5, 0.6) is 0 Å². The molecule has 1 amide bonds. The Hall–Kier alpha value is -4.22. The number of rotatable bonds is 8. The number of hydrogen-bond donors (Lipinski definition) is 0. The first kappa shape index (κ1) is 24.4. The summed E-state index contributed by atoms with van der Waals surface area (Å²) in [4.78, 5) is 48.6. The summed E-state index contributed by atoms with van der Waals surface area (Å²) in [6.07, 6.45) is -3.58. The number of amides is 1. The third kappa shape index (κ3) is 6.18. The van der Waals surface area contributed by atoms with Gasteiger partial charge in [0.15, 0.2) is 0 Å². The maximum Gasteiger partial charge on any atom is 0.406 e. The van der Waals surface area contributed by atoms with Crippen LogP contribution in [0.3, 0.4) is 0 Å². The molecule has 1 aromatic heterocycles. The van der Waals surface area contributed by atoms with Gasteiger partial charge in [0.1, 0.15) is 13.1 Å². The second-order valence-corrected chi connectivity index (χ2v) is 7.39. The molecule has 0 saturated carbocycles. The van der Waals surface area contributed by atoms with E-state index in [2.05, 4.69) is 0 Å². The quantitative estimate of drug-likeness (QED) is 0.367. The average Bonchev–Trinajstić information content (AvgIpc) is 2.78. The Morgan fingerprint density at radius 1 is 1.00 bits per heavy atom. The van der Waals surface area contributed by atoms with E-state index in [9.17, 15) is 37.7 Å². The molecule has 3 rings (SSSR count). The first-order chi connectivity index (χ1) is 16.0. The highest BCUT2D eigenvalue weighted by Gasteiger charge is 2.34. The summed E-state index contributed by atoms with van der Waals surface area (Å²) in [6, 6.07) is 14.9. The fourth-order valence-corrected chi connectivity index (χ4v) is 3.31. The first-order valence-corrected chi connectivity index (χ1v) is 9.96. The van der Waals surface area contributed by atoms with Crippen LogP contribution in [0.4, 0.5) is 18.9 Å². The van der Waals surface area contributed by atoms with Crippen molar-refractivity contribution in [1.82, 2.24) is 14.0 Å². The standard InChI is InChI=1S/C22H19F3N4O5/c23-22(24,25)15-27(13-17-8-4-5-9-18(17)29(33)34)20(31)14-28-19(30)10-11-26(21(28)32)12-16-6-2-1-3-7-16/h1-11H,12-15H2. The van der Waals surface area contributed by atoms with Crippen LogP contribution in [-0.2, 0) is 24.4 Å². The monoisotopic (exact) mass is 476 g/mol. The van der Waals surface area contributed by atoms with E-state index in [-0.39, 0.29) is 12.1 Å². The van der Waals surface area contributed by atoms with Gasteiger partial charge in [-0.25, -0.2) is 4.79 Å². The normalized spacial score (nSPS) is 11.3. The van der Waals surface area contributed by atoms with E-state index in [0.717, 1.165) is 22.3 Å². The van der Waals surface area contributed by atoms with Crippen molar-refractivity contribution in [2.75, 3.05) is 6.54 Å². The van der Waals surface area contributed by atoms with E-state index in [1.54, 1.807) is 30.3 Å². The molecule has 0 aliphatic rings. The lowest BCUT2D eigenvalue weighted by Crippen LogP contribution is -2.46. The van der Waals surface area contributed by atoms with Crippen LogP contribution < -0.4 is 11.2 Å². The average molecular weight is 476 g/mol. The van der Waals surface area contributed by atoms with Crippen LogP contribution in [0.1, 0.15) is 11.1 Å². The van der Waals surface area contributed by atoms with Crippen molar-refractivity contribution in [1.29, 1.82) is 0 Å². The van der Waals surface area contributed by atoms with Crippen LogP contribution in [0.2, 0.25) is 0 Å². The molecule has 0 radical (unpaired) electrons. The Kier molecular flexibility index (Phi) is 7.29. The van der Waals surface area contributed by atoms with Crippen molar-refractivity contribution in [2.24, 2.45) is 0 Å². The van der Waals surface area contributed by atoms with Gasteiger partial charge in [-0.2, -0.15) is 13.2 Å². The number of halogens is 3. The lowest BCUT2D eigenvalue weighted by molar-refractivity contribution is -0.385.